The second-order valence-corrected chi connectivity index (χ2v) is 12.0. The first kappa shape index (κ1) is 29.1. The van der Waals surface area contributed by atoms with E-state index in [1.807, 2.05) is 0 Å². The van der Waals surface area contributed by atoms with Crippen molar-refractivity contribution in [2.75, 3.05) is 10.2 Å². The first-order valence-corrected chi connectivity index (χ1v) is 16.3. The summed E-state index contributed by atoms with van der Waals surface area (Å²) in [5.74, 6) is 0. The zero-order valence-corrected chi connectivity index (χ0v) is 26.5. The summed E-state index contributed by atoms with van der Waals surface area (Å²) >= 11 is 0. The van der Waals surface area contributed by atoms with Crippen LogP contribution < -0.4 is 10.2 Å². The molecule has 0 saturated heterocycles. The highest BCUT2D eigenvalue weighted by molar-refractivity contribution is 5.94. The zero-order chi connectivity index (χ0) is 32.1. The van der Waals surface area contributed by atoms with Crippen molar-refractivity contribution in [1.29, 1.82) is 0 Å². The van der Waals surface area contributed by atoms with Crippen molar-refractivity contribution in [3.8, 4) is 33.4 Å². The van der Waals surface area contributed by atoms with Gasteiger partial charge in [-0.05, 0) is 98.8 Å². The number of nitrogens with zero attached hydrogens (tertiary/aromatic N) is 1. The van der Waals surface area contributed by atoms with Crippen LogP contribution in [0.2, 0.25) is 0 Å². The van der Waals surface area contributed by atoms with Gasteiger partial charge in [0.25, 0.3) is 0 Å². The molecule has 2 heteroatoms. The minimum absolute atomic E-state index is 1.02. The molecular formula is C46H34N2. The van der Waals surface area contributed by atoms with Crippen LogP contribution in [0.3, 0.4) is 0 Å². The van der Waals surface area contributed by atoms with Gasteiger partial charge in [-0.15, -0.1) is 0 Å². The largest absolute Gasteiger partial charge is 0.354 e. The first-order valence-electron chi connectivity index (χ1n) is 16.3. The van der Waals surface area contributed by atoms with Gasteiger partial charge < -0.3 is 10.2 Å². The summed E-state index contributed by atoms with van der Waals surface area (Å²) in [6.07, 6.45) is 0. The van der Waals surface area contributed by atoms with E-state index in [0.717, 1.165) is 28.4 Å². The third-order valence-corrected chi connectivity index (χ3v) is 8.78. The molecule has 0 radical (unpaired) electrons. The SMILES string of the molecule is c1ccc(-c2cccc(Nc3ccccc3N(c3cc(-c4ccccc4)cc(-c4ccccc4)c3)c3ccc4ccccc4c3)c2)cc1. The van der Waals surface area contributed by atoms with Crippen LogP contribution in [0.5, 0.6) is 0 Å². The predicted molar refractivity (Wildman–Crippen MR) is 205 cm³/mol. The molecule has 0 bridgehead atoms. The van der Waals surface area contributed by atoms with Crippen LogP contribution >= 0.6 is 0 Å². The minimum Gasteiger partial charge on any atom is -0.354 e. The quantitative estimate of drug-likeness (QED) is 0.183. The Morgan fingerprint density at radius 2 is 0.854 bits per heavy atom. The second kappa shape index (κ2) is 13.2. The van der Waals surface area contributed by atoms with Crippen molar-refractivity contribution in [2.45, 2.75) is 0 Å². The van der Waals surface area contributed by atoms with Crippen LogP contribution in [0.15, 0.2) is 200 Å². The van der Waals surface area contributed by atoms with Gasteiger partial charge in [-0.2, -0.15) is 0 Å². The van der Waals surface area contributed by atoms with E-state index in [1.165, 1.54) is 44.2 Å². The van der Waals surface area contributed by atoms with E-state index in [9.17, 15) is 0 Å². The Bertz CT molecular complexity index is 2250. The fourth-order valence-electron chi connectivity index (χ4n) is 6.41. The monoisotopic (exact) mass is 614 g/mol. The van der Waals surface area contributed by atoms with E-state index in [2.05, 4.69) is 210 Å². The van der Waals surface area contributed by atoms with Gasteiger partial charge in [-0.3, -0.25) is 0 Å². The van der Waals surface area contributed by atoms with Crippen molar-refractivity contribution in [3.63, 3.8) is 0 Å². The van der Waals surface area contributed by atoms with E-state index in [4.69, 9.17) is 0 Å². The average Bonchev–Trinajstić information content (AvgIpc) is 3.17. The molecule has 8 aromatic carbocycles. The maximum atomic E-state index is 3.79. The van der Waals surface area contributed by atoms with E-state index in [0.29, 0.717) is 0 Å². The van der Waals surface area contributed by atoms with Crippen molar-refractivity contribution >= 4 is 39.2 Å². The van der Waals surface area contributed by atoms with Crippen LogP contribution in [0.1, 0.15) is 0 Å². The Morgan fingerprint density at radius 1 is 0.312 bits per heavy atom. The molecule has 0 atom stereocenters. The molecule has 0 aromatic heterocycles. The standard InChI is InChI=1S/C46H34N2/c1-4-15-34(16-5-1)38-23-14-24-42(30-38)47-45-25-12-13-26-46(45)48(43-28-27-37-21-10-11-22-39(37)31-43)44-32-40(35-17-6-2-7-18-35)29-41(33-44)36-19-8-3-9-20-36/h1-33,47H. The number of hydrogen-bond acceptors (Lipinski definition) is 2. The van der Waals surface area contributed by atoms with Crippen LogP contribution in [0.4, 0.5) is 28.4 Å². The van der Waals surface area contributed by atoms with Crippen LogP contribution in [0, 0.1) is 0 Å². The van der Waals surface area contributed by atoms with Gasteiger partial charge in [-0.25, -0.2) is 0 Å². The highest BCUT2D eigenvalue weighted by Gasteiger charge is 2.19. The predicted octanol–water partition coefficient (Wildman–Crippen LogP) is 13.1. The van der Waals surface area contributed by atoms with E-state index >= 15 is 0 Å². The van der Waals surface area contributed by atoms with Gasteiger partial charge in [0.15, 0.2) is 0 Å². The number of para-hydroxylation sites is 2. The van der Waals surface area contributed by atoms with Gasteiger partial charge >= 0.3 is 0 Å². The fraction of sp³-hybridized carbons (Fsp3) is 0. The lowest BCUT2D eigenvalue weighted by Gasteiger charge is -2.29. The Kier molecular flexibility index (Phi) is 7.96. The maximum absolute atomic E-state index is 3.79. The molecule has 0 spiro atoms. The molecular weight excluding hydrogens is 581 g/mol. The van der Waals surface area contributed by atoms with Gasteiger partial charge in [0.2, 0.25) is 0 Å². The van der Waals surface area contributed by atoms with Crippen LogP contribution in [0.25, 0.3) is 44.2 Å². The number of benzene rings is 8. The summed E-state index contributed by atoms with van der Waals surface area (Å²) in [7, 11) is 0. The highest BCUT2D eigenvalue weighted by atomic mass is 15.2. The molecule has 0 aliphatic rings. The summed E-state index contributed by atoms with van der Waals surface area (Å²) in [6.45, 7) is 0. The summed E-state index contributed by atoms with van der Waals surface area (Å²) in [5, 5.41) is 6.20. The first-order chi connectivity index (χ1) is 23.8. The molecule has 8 aromatic rings. The minimum atomic E-state index is 1.02. The number of rotatable bonds is 8. The van der Waals surface area contributed by atoms with Gasteiger partial charge in [0.05, 0.1) is 11.4 Å². The fourth-order valence-corrected chi connectivity index (χ4v) is 6.41. The van der Waals surface area contributed by atoms with Crippen molar-refractivity contribution in [1.82, 2.24) is 0 Å². The Balaban J connectivity index is 1.31. The highest BCUT2D eigenvalue weighted by Crippen LogP contribution is 2.44. The molecule has 0 amide bonds. The second-order valence-electron chi connectivity index (χ2n) is 12.0. The molecule has 0 aliphatic heterocycles. The summed E-state index contributed by atoms with van der Waals surface area (Å²) in [4.78, 5) is 2.38. The topological polar surface area (TPSA) is 15.3 Å². The van der Waals surface area contributed by atoms with Crippen molar-refractivity contribution < 1.29 is 0 Å². The third-order valence-electron chi connectivity index (χ3n) is 8.78. The lowest BCUT2D eigenvalue weighted by atomic mass is 9.97. The molecule has 8 rings (SSSR count). The lowest BCUT2D eigenvalue weighted by molar-refractivity contribution is 1.28. The maximum Gasteiger partial charge on any atom is 0.0696 e. The van der Waals surface area contributed by atoms with Crippen molar-refractivity contribution in [2.24, 2.45) is 0 Å². The van der Waals surface area contributed by atoms with Gasteiger partial charge in [0.1, 0.15) is 0 Å². The third kappa shape index (κ3) is 6.08. The number of fused-ring (bicyclic) bond motifs is 1. The molecule has 228 valence electrons. The molecule has 0 fully saturated rings. The summed E-state index contributed by atoms with van der Waals surface area (Å²) in [6, 6.07) is 71.2. The van der Waals surface area contributed by atoms with E-state index in [-0.39, 0.29) is 0 Å². The number of hydrogen-bond donors (Lipinski definition) is 1. The van der Waals surface area contributed by atoms with Gasteiger partial charge in [-0.1, -0.05) is 146 Å². The van der Waals surface area contributed by atoms with Gasteiger partial charge in [0, 0.05) is 17.1 Å². The number of nitrogens with one attached hydrogen (secondary N) is 1. The van der Waals surface area contributed by atoms with E-state index < -0.39 is 0 Å². The molecule has 0 aliphatic carbocycles. The lowest BCUT2D eigenvalue weighted by Crippen LogP contribution is -2.12. The molecule has 0 heterocycles. The Hall–Kier alpha value is -6.38. The molecule has 1 N–H and O–H groups in total. The molecule has 0 saturated carbocycles. The molecule has 48 heavy (non-hydrogen) atoms. The average molecular weight is 615 g/mol. The van der Waals surface area contributed by atoms with Crippen LogP contribution in [-0.4, -0.2) is 0 Å². The Labute approximate surface area is 282 Å². The van der Waals surface area contributed by atoms with E-state index in [1.54, 1.807) is 0 Å². The normalized spacial score (nSPS) is 10.9. The molecule has 0 unspecified atom stereocenters. The van der Waals surface area contributed by atoms with Crippen molar-refractivity contribution in [3.05, 3.63) is 200 Å². The van der Waals surface area contributed by atoms with Crippen LogP contribution in [-0.2, 0) is 0 Å². The molecule has 2 nitrogen and oxygen atoms in total. The zero-order valence-electron chi connectivity index (χ0n) is 26.5. The smallest absolute Gasteiger partial charge is 0.0696 e. The Morgan fingerprint density at radius 3 is 1.52 bits per heavy atom. The number of anilines is 5. The summed E-state index contributed by atoms with van der Waals surface area (Å²) < 4.78 is 0. The summed E-state index contributed by atoms with van der Waals surface area (Å²) in [5.41, 5.74) is 12.3.